The summed E-state index contributed by atoms with van der Waals surface area (Å²) in [5.74, 6) is -0.751. The predicted molar refractivity (Wildman–Crippen MR) is 135 cm³/mol. The number of hydrogen-bond donors (Lipinski definition) is 3. The monoisotopic (exact) mass is 581 g/mol. The largest absolute Gasteiger partial charge is 0.434 e. The quantitative estimate of drug-likeness (QED) is 0.310. The van der Waals surface area contributed by atoms with E-state index in [1.165, 1.54) is 10.7 Å². The molecule has 1 atom stereocenters. The van der Waals surface area contributed by atoms with Crippen LogP contribution in [0.15, 0.2) is 18.2 Å². The van der Waals surface area contributed by atoms with E-state index in [2.05, 4.69) is 22.1 Å². The molecule has 7 nitrogen and oxygen atoms in total. The summed E-state index contributed by atoms with van der Waals surface area (Å²) in [6.07, 6.45) is -4.19. The van der Waals surface area contributed by atoms with Gasteiger partial charge in [-0.25, -0.2) is 0 Å². The maximum absolute atomic E-state index is 13.5. The second-order valence-electron chi connectivity index (χ2n) is 10.7. The number of aliphatic hydroxyl groups excluding tert-OH is 1. The first-order chi connectivity index (χ1) is 18.0. The molecule has 0 radical (unpaired) electrons. The highest BCUT2D eigenvalue weighted by Gasteiger charge is 2.52. The molecule has 0 spiro atoms. The minimum atomic E-state index is -4.79. The summed E-state index contributed by atoms with van der Waals surface area (Å²) in [4.78, 5) is 13.0. The minimum absolute atomic E-state index is 0.0233. The molecule has 1 heterocycles. The first kappa shape index (κ1) is 31.1. The molecule has 0 saturated heterocycles. The number of ether oxygens (including phenoxy) is 1. The highest BCUT2D eigenvalue weighted by molar-refractivity contribution is 6.36. The zero-order valence-electron chi connectivity index (χ0n) is 22.1. The van der Waals surface area contributed by atoms with E-state index >= 15 is 0 Å². The number of nitrogens with one attached hydrogen (secondary N) is 1. The van der Waals surface area contributed by atoms with Crippen molar-refractivity contribution in [2.45, 2.75) is 84.4 Å². The Morgan fingerprint density at radius 1 is 1.28 bits per heavy atom. The number of carbonyl (C=O) groups excluding carboxylic acids is 1. The van der Waals surface area contributed by atoms with Crippen molar-refractivity contribution >= 4 is 17.5 Å². The summed E-state index contributed by atoms with van der Waals surface area (Å²) >= 11 is 6.51. The number of rotatable bonds is 9. The van der Waals surface area contributed by atoms with Crippen molar-refractivity contribution in [1.29, 1.82) is 0 Å². The first-order valence-corrected chi connectivity index (χ1v) is 13.0. The van der Waals surface area contributed by atoms with Crippen LogP contribution < -0.4 is 10.1 Å². The summed E-state index contributed by atoms with van der Waals surface area (Å²) in [5, 5.41) is 27.9. The zero-order chi connectivity index (χ0) is 29.3. The van der Waals surface area contributed by atoms with Crippen molar-refractivity contribution in [3.63, 3.8) is 0 Å². The van der Waals surface area contributed by atoms with Gasteiger partial charge in [0.1, 0.15) is 5.75 Å². The maximum atomic E-state index is 13.5. The van der Waals surface area contributed by atoms with Crippen molar-refractivity contribution in [3.8, 4) is 17.0 Å². The zero-order valence-corrected chi connectivity index (χ0v) is 22.8. The molecule has 2 aromatic rings. The minimum Gasteiger partial charge on any atom is -0.434 e. The van der Waals surface area contributed by atoms with Crippen LogP contribution in [0.25, 0.3) is 11.3 Å². The lowest BCUT2D eigenvalue weighted by atomic mass is 9.79. The third-order valence-corrected chi connectivity index (χ3v) is 7.76. The second kappa shape index (κ2) is 11.6. The lowest BCUT2D eigenvalue weighted by Crippen LogP contribution is -2.45. The van der Waals surface area contributed by atoms with Crippen LogP contribution in [0.4, 0.5) is 22.0 Å². The number of halogens is 6. The third-order valence-electron chi connectivity index (χ3n) is 7.40. The van der Waals surface area contributed by atoms with Crippen LogP contribution in [0.2, 0.25) is 5.02 Å². The fourth-order valence-electron chi connectivity index (χ4n) is 4.55. The Kier molecular flexibility index (Phi) is 9.23. The molecule has 39 heavy (non-hydrogen) atoms. The average Bonchev–Trinajstić information content (AvgIpc) is 3.19. The molecule has 218 valence electrons. The van der Waals surface area contributed by atoms with E-state index in [9.17, 15) is 37.0 Å². The molecule has 13 heteroatoms. The van der Waals surface area contributed by atoms with E-state index in [1.807, 2.05) is 0 Å². The molecule has 0 aliphatic heterocycles. The summed E-state index contributed by atoms with van der Waals surface area (Å²) in [6, 6.07) is 3.22. The number of benzene rings is 1. The van der Waals surface area contributed by atoms with Crippen molar-refractivity contribution < 1.29 is 41.7 Å². The van der Waals surface area contributed by atoms with E-state index in [0.29, 0.717) is 18.8 Å². The van der Waals surface area contributed by atoms with Gasteiger partial charge in [0.25, 0.3) is 5.91 Å². The summed E-state index contributed by atoms with van der Waals surface area (Å²) in [5.41, 5.74) is -4.21. The number of amides is 1. The molecule has 1 fully saturated rings. The number of alkyl halides is 5. The second-order valence-corrected chi connectivity index (χ2v) is 11.1. The Morgan fingerprint density at radius 3 is 2.44 bits per heavy atom. The van der Waals surface area contributed by atoms with Crippen LogP contribution in [0.5, 0.6) is 5.75 Å². The van der Waals surface area contributed by atoms with Gasteiger partial charge in [0.05, 0.1) is 27.8 Å². The van der Waals surface area contributed by atoms with E-state index < -0.39 is 41.6 Å². The standard InChI is InChI=1S/C26H33ClF5N3O4/c1-5-35-20(18(27)19(34-35)22(37)33-13-25(38)10-8-14(2)9-11-25)16-7-6-15(12-17(16)39-23(28)29)21(36)24(3,4)26(30,31)32/h6-7,12,14,21,23,36,38H,5,8-11,13H2,1-4H3,(H,33,37)/t14?,21-,25?/m0/s1. The van der Waals surface area contributed by atoms with Gasteiger partial charge in [-0.3, -0.25) is 9.48 Å². The summed E-state index contributed by atoms with van der Waals surface area (Å²) < 4.78 is 73.0. The summed E-state index contributed by atoms with van der Waals surface area (Å²) in [6.45, 7) is 2.12. The molecule has 0 bridgehead atoms. The van der Waals surface area contributed by atoms with Gasteiger partial charge in [-0.1, -0.05) is 24.6 Å². The highest BCUT2D eigenvalue weighted by Crippen LogP contribution is 2.48. The lowest BCUT2D eigenvalue weighted by Gasteiger charge is -2.34. The molecule has 1 aromatic heterocycles. The summed E-state index contributed by atoms with van der Waals surface area (Å²) in [7, 11) is 0. The molecule has 1 aliphatic carbocycles. The molecule has 3 N–H and O–H groups in total. The van der Waals surface area contributed by atoms with Gasteiger partial charge < -0.3 is 20.3 Å². The third kappa shape index (κ3) is 6.66. The van der Waals surface area contributed by atoms with E-state index in [4.69, 9.17) is 11.6 Å². The Bertz CT molecular complexity index is 1180. The van der Waals surface area contributed by atoms with Crippen molar-refractivity contribution in [2.75, 3.05) is 6.54 Å². The maximum Gasteiger partial charge on any atom is 0.396 e. The van der Waals surface area contributed by atoms with Crippen LogP contribution in [0.1, 0.15) is 75.5 Å². The van der Waals surface area contributed by atoms with E-state index in [-0.39, 0.29) is 40.6 Å². The van der Waals surface area contributed by atoms with Gasteiger partial charge in [0.15, 0.2) is 5.69 Å². The molecule has 3 rings (SSSR count). The molecule has 1 aliphatic rings. The van der Waals surface area contributed by atoms with Gasteiger partial charge in [-0.05, 0) is 70.1 Å². The van der Waals surface area contributed by atoms with Gasteiger partial charge in [0, 0.05) is 18.7 Å². The number of hydrogen-bond acceptors (Lipinski definition) is 5. The van der Waals surface area contributed by atoms with Crippen molar-refractivity contribution in [2.24, 2.45) is 11.3 Å². The topological polar surface area (TPSA) is 96.6 Å². The van der Waals surface area contributed by atoms with Crippen LogP contribution in [0.3, 0.4) is 0 Å². The average molecular weight is 582 g/mol. The SMILES string of the molecule is CCn1nc(C(=O)NCC2(O)CCC(C)CC2)c(Cl)c1-c1ccc([C@H](O)C(C)(C)C(F)(F)F)cc1OC(F)F. The van der Waals surface area contributed by atoms with Gasteiger partial charge in [-0.15, -0.1) is 0 Å². The molecule has 1 amide bonds. The fraction of sp³-hybridized carbons (Fsp3) is 0.615. The Hall–Kier alpha value is -2.44. The Labute approximate surface area is 228 Å². The van der Waals surface area contributed by atoms with Crippen molar-refractivity contribution in [1.82, 2.24) is 15.1 Å². The lowest BCUT2D eigenvalue weighted by molar-refractivity contribution is -0.243. The van der Waals surface area contributed by atoms with E-state index in [1.54, 1.807) is 6.92 Å². The molecule has 0 unspecified atom stereocenters. The number of carbonyl (C=O) groups is 1. The normalized spacial score (nSPS) is 21.2. The van der Waals surface area contributed by atoms with E-state index in [0.717, 1.165) is 38.8 Å². The van der Waals surface area contributed by atoms with Crippen LogP contribution in [0, 0.1) is 11.3 Å². The Morgan fingerprint density at radius 2 is 1.90 bits per heavy atom. The first-order valence-electron chi connectivity index (χ1n) is 12.6. The highest BCUT2D eigenvalue weighted by atomic mass is 35.5. The van der Waals surface area contributed by atoms with Gasteiger partial charge >= 0.3 is 12.8 Å². The smallest absolute Gasteiger partial charge is 0.396 e. The van der Waals surface area contributed by atoms with Gasteiger partial charge in [0.2, 0.25) is 0 Å². The van der Waals surface area contributed by atoms with Gasteiger partial charge in [-0.2, -0.15) is 27.1 Å². The number of aliphatic hydroxyl groups is 2. The fourth-order valence-corrected chi connectivity index (χ4v) is 4.87. The molecular formula is C26H33ClF5N3O4. The van der Waals surface area contributed by atoms with Crippen LogP contribution in [-0.2, 0) is 6.54 Å². The molecule has 1 aromatic carbocycles. The van der Waals surface area contributed by atoms with Crippen LogP contribution in [-0.4, -0.2) is 50.8 Å². The van der Waals surface area contributed by atoms with Crippen LogP contribution >= 0.6 is 11.6 Å². The van der Waals surface area contributed by atoms with Crippen molar-refractivity contribution in [3.05, 3.63) is 34.5 Å². The number of nitrogens with zero attached hydrogens (tertiary/aromatic N) is 2. The molecule has 1 saturated carbocycles. The number of aromatic nitrogens is 2. The Balaban J connectivity index is 1.97. The number of aryl methyl sites for hydroxylation is 1. The molecular weight excluding hydrogens is 549 g/mol. The predicted octanol–water partition coefficient (Wildman–Crippen LogP) is 6.12.